The molecule has 1 amide bonds. The van der Waals surface area contributed by atoms with Crippen LogP contribution in [0.15, 0.2) is 48.9 Å². The van der Waals surface area contributed by atoms with Crippen LogP contribution < -0.4 is 26.6 Å². The Morgan fingerprint density at radius 1 is 1.06 bits per heavy atom. The molecule has 0 bridgehead atoms. The monoisotopic (exact) mass is 474 g/mol. The minimum atomic E-state index is -0.432. The van der Waals surface area contributed by atoms with E-state index in [-0.39, 0.29) is 17.6 Å². The highest BCUT2D eigenvalue weighted by atomic mass is 16.5. The molecule has 2 fully saturated rings. The van der Waals surface area contributed by atoms with Gasteiger partial charge < -0.3 is 31.3 Å². The van der Waals surface area contributed by atoms with Gasteiger partial charge in [0.1, 0.15) is 0 Å². The molecule has 5 rings (SSSR count). The van der Waals surface area contributed by atoms with Crippen LogP contribution >= 0.6 is 0 Å². The molecule has 3 aromatic rings. The molecule has 2 aromatic heterocycles. The maximum Gasteiger partial charge on any atom is 0.278 e. The van der Waals surface area contributed by atoms with Gasteiger partial charge in [0.25, 0.3) is 5.91 Å². The molecule has 1 atom stereocenters. The van der Waals surface area contributed by atoms with Gasteiger partial charge >= 0.3 is 0 Å². The Hall–Kier alpha value is -3.76. The summed E-state index contributed by atoms with van der Waals surface area (Å²) in [4.78, 5) is 30.6. The molecule has 2 aliphatic rings. The molecule has 0 spiro atoms. The first-order valence-electron chi connectivity index (χ1n) is 11.9. The molecule has 2 aliphatic heterocycles. The van der Waals surface area contributed by atoms with Crippen molar-refractivity contribution >= 4 is 28.8 Å². The van der Waals surface area contributed by atoms with Crippen LogP contribution in [0, 0.1) is 0 Å². The summed E-state index contributed by atoms with van der Waals surface area (Å²) in [6.45, 7) is 4.61. The maximum atomic E-state index is 13.2. The number of nitrogens with one attached hydrogen (secondary N) is 1. The third kappa shape index (κ3) is 5.18. The number of piperidine rings is 1. The number of nitrogens with two attached hydrogens (primary N) is 2. The predicted octanol–water partition coefficient (Wildman–Crippen LogP) is 2.14. The minimum Gasteiger partial charge on any atom is -0.382 e. The fraction of sp³-hybridized carbons (Fsp3) is 0.360. The van der Waals surface area contributed by atoms with Crippen molar-refractivity contribution in [1.29, 1.82) is 0 Å². The second-order valence-electron chi connectivity index (χ2n) is 8.83. The molecule has 0 unspecified atom stereocenters. The third-order valence-corrected chi connectivity index (χ3v) is 6.40. The summed E-state index contributed by atoms with van der Waals surface area (Å²) in [6.07, 6.45) is 7.07. The van der Waals surface area contributed by atoms with Crippen LogP contribution in [0.5, 0.6) is 0 Å². The highest BCUT2D eigenvalue weighted by molar-refractivity contribution is 6.07. The van der Waals surface area contributed by atoms with Crippen LogP contribution in [-0.2, 0) is 4.74 Å². The number of hydrogen-bond donors (Lipinski definition) is 3. The summed E-state index contributed by atoms with van der Waals surface area (Å²) in [7, 11) is 0. The van der Waals surface area contributed by atoms with E-state index < -0.39 is 5.91 Å². The second-order valence-corrected chi connectivity index (χ2v) is 8.83. The number of pyridine rings is 1. The Kier molecular flexibility index (Phi) is 6.73. The Bertz CT molecular complexity index is 1180. The predicted molar refractivity (Wildman–Crippen MR) is 137 cm³/mol. The standard InChI is InChI=1S/C25H30N8O2/c26-18-2-1-9-33(16-18)19-5-3-17(4-6-19)20-15-29-24(27)23(30-20)25(34)31-21-14-28-8-7-22(21)32-10-12-35-13-11-32/h3-8,14-15,18H,1-2,9-13,16,26H2,(H2,27,29)(H,31,34)/t18-/m1/s1. The lowest BCUT2D eigenvalue weighted by Crippen LogP contribution is -2.42. The van der Waals surface area contributed by atoms with E-state index in [0.29, 0.717) is 24.6 Å². The number of amides is 1. The second kappa shape index (κ2) is 10.2. The summed E-state index contributed by atoms with van der Waals surface area (Å²) in [5.74, 6) is -0.361. The van der Waals surface area contributed by atoms with Crippen molar-refractivity contribution in [2.75, 3.05) is 60.2 Å². The van der Waals surface area contributed by atoms with Crippen molar-refractivity contribution in [3.8, 4) is 11.3 Å². The third-order valence-electron chi connectivity index (χ3n) is 6.40. The Labute approximate surface area is 204 Å². The normalized spacial score (nSPS) is 18.4. The van der Waals surface area contributed by atoms with Crippen molar-refractivity contribution in [2.24, 2.45) is 5.73 Å². The smallest absolute Gasteiger partial charge is 0.278 e. The van der Waals surface area contributed by atoms with Crippen molar-refractivity contribution in [1.82, 2.24) is 15.0 Å². The van der Waals surface area contributed by atoms with Crippen LogP contribution in [0.4, 0.5) is 22.9 Å². The van der Waals surface area contributed by atoms with Gasteiger partial charge in [-0.3, -0.25) is 9.78 Å². The first-order valence-corrected chi connectivity index (χ1v) is 11.9. The fourth-order valence-corrected chi connectivity index (χ4v) is 4.54. The minimum absolute atomic E-state index is 0.0713. The van der Waals surface area contributed by atoms with Crippen molar-refractivity contribution < 1.29 is 9.53 Å². The first kappa shape index (κ1) is 23.0. The lowest BCUT2D eigenvalue weighted by Gasteiger charge is -2.32. The average molecular weight is 475 g/mol. The van der Waals surface area contributed by atoms with Crippen molar-refractivity contribution in [3.63, 3.8) is 0 Å². The molecule has 1 aromatic carbocycles. The number of morpholine rings is 1. The van der Waals surface area contributed by atoms with E-state index in [1.807, 2.05) is 18.2 Å². The zero-order chi connectivity index (χ0) is 24.2. The van der Waals surface area contributed by atoms with Gasteiger partial charge in [-0.15, -0.1) is 0 Å². The number of rotatable bonds is 5. The molecule has 5 N–H and O–H groups in total. The number of aromatic nitrogens is 3. The molecule has 2 saturated heterocycles. The lowest BCUT2D eigenvalue weighted by atomic mass is 10.1. The number of ether oxygens (including phenoxy) is 1. The molecule has 4 heterocycles. The molecular weight excluding hydrogens is 444 g/mol. The fourth-order valence-electron chi connectivity index (χ4n) is 4.54. The van der Waals surface area contributed by atoms with Crippen molar-refractivity contribution in [2.45, 2.75) is 18.9 Å². The van der Waals surface area contributed by atoms with Crippen LogP contribution in [0.25, 0.3) is 11.3 Å². The Morgan fingerprint density at radius 3 is 2.63 bits per heavy atom. The van der Waals surface area contributed by atoms with Gasteiger partial charge in [-0.1, -0.05) is 12.1 Å². The summed E-state index contributed by atoms with van der Waals surface area (Å²) >= 11 is 0. The molecule has 0 radical (unpaired) electrons. The molecule has 35 heavy (non-hydrogen) atoms. The van der Waals surface area contributed by atoms with Gasteiger partial charge in [0.2, 0.25) is 0 Å². The highest BCUT2D eigenvalue weighted by Gasteiger charge is 2.20. The van der Waals surface area contributed by atoms with Gasteiger partial charge in [0.15, 0.2) is 11.5 Å². The number of nitrogen functional groups attached to an aromatic ring is 1. The van der Waals surface area contributed by atoms with E-state index in [1.54, 1.807) is 18.6 Å². The van der Waals surface area contributed by atoms with Crippen molar-refractivity contribution in [3.05, 3.63) is 54.6 Å². The van der Waals surface area contributed by atoms with E-state index in [1.165, 1.54) is 0 Å². The highest BCUT2D eigenvalue weighted by Crippen LogP contribution is 2.27. The number of anilines is 4. The van der Waals surface area contributed by atoms with E-state index in [9.17, 15) is 4.79 Å². The van der Waals surface area contributed by atoms with Gasteiger partial charge in [0, 0.05) is 49.7 Å². The first-order chi connectivity index (χ1) is 17.1. The zero-order valence-electron chi connectivity index (χ0n) is 19.6. The number of hydrogen-bond acceptors (Lipinski definition) is 9. The molecule has 0 saturated carbocycles. The Morgan fingerprint density at radius 2 is 1.86 bits per heavy atom. The van der Waals surface area contributed by atoms with Gasteiger partial charge in [-0.2, -0.15) is 0 Å². The number of carbonyl (C=O) groups excluding carboxylic acids is 1. The van der Waals surface area contributed by atoms with Crippen LogP contribution in [0.1, 0.15) is 23.3 Å². The molecule has 0 aliphatic carbocycles. The van der Waals surface area contributed by atoms with E-state index in [2.05, 4.69) is 42.2 Å². The van der Waals surface area contributed by atoms with E-state index >= 15 is 0 Å². The Balaban J connectivity index is 1.35. The summed E-state index contributed by atoms with van der Waals surface area (Å²) in [5, 5.41) is 2.91. The maximum absolute atomic E-state index is 13.2. The topological polar surface area (TPSA) is 136 Å². The van der Waals surface area contributed by atoms with Crippen LogP contribution in [-0.4, -0.2) is 66.3 Å². The van der Waals surface area contributed by atoms with Gasteiger partial charge in [-0.05, 0) is 31.0 Å². The van der Waals surface area contributed by atoms with Gasteiger partial charge in [-0.25, -0.2) is 9.97 Å². The van der Waals surface area contributed by atoms with Crippen LogP contribution in [0.3, 0.4) is 0 Å². The quantitative estimate of drug-likeness (QED) is 0.508. The number of benzene rings is 1. The van der Waals surface area contributed by atoms with Gasteiger partial charge in [0.05, 0.1) is 42.7 Å². The number of carbonyl (C=O) groups is 1. The number of nitrogens with zero attached hydrogens (tertiary/aromatic N) is 5. The summed E-state index contributed by atoms with van der Waals surface area (Å²) < 4.78 is 5.44. The van der Waals surface area contributed by atoms with E-state index in [4.69, 9.17) is 16.2 Å². The molecule has 10 heteroatoms. The average Bonchev–Trinajstić information content (AvgIpc) is 2.90. The molecule has 10 nitrogen and oxygen atoms in total. The lowest BCUT2D eigenvalue weighted by molar-refractivity contribution is 0.102. The molecule has 182 valence electrons. The SMILES string of the molecule is Nc1ncc(-c2ccc(N3CCC[C@@H](N)C3)cc2)nc1C(=O)Nc1cnccc1N1CCOCC1. The summed E-state index contributed by atoms with van der Waals surface area (Å²) in [5.41, 5.74) is 16.3. The molecular formula is C25H30N8O2. The summed E-state index contributed by atoms with van der Waals surface area (Å²) in [6, 6.07) is 10.1. The van der Waals surface area contributed by atoms with E-state index in [0.717, 1.165) is 56.0 Å². The zero-order valence-corrected chi connectivity index (χ0v) is 19.6. The van der Waals surface area contributed by atoms with Crippen LogP contribution in [0.2, 0.25) is 0 Å². The largest absolute Gasteiger partial charge is 0.382 e.